The second-order valence-corrected chi connectivity index (χ2v) is 15.0. The van der Waals surface area contributed by atoms with Crippen molar-refractivity contribution in [3.05, 3.63) is 156 Å². The third kappa shape index (κ3) is 13.7. The molecule has 7 rings (SSSR count). The van der Waals surface area contributed by atoms with Gasteiger partial charge in [0.25, 0.3) is 0 Å². The van der Waals surface area contributed by atoms with E-state index in [0.29, 0.717) is 30.7 Å². The number of β-amino-alcohol motifs (C(OH)–C–C–N with tert-alkyl or cyclic N) is 1. The lowest BCUT2D eigenvalue weighted by Gasteiger charge is -2.36. The monoisotopic (exact) mass is 860 g/mol. The fourth-order valence-electron chi connectivity index (χ4n) is 7.28. The van der Waals surface area contributed by atoms with Crippen molar-refractivity contribution in [3.8, 4) is 0 Å². The quantitative estimate of drug-likeness (QED) is 0.123. The number of hydrogen-bond acceptors (Lipinski definition) is 6. The van der Waals surface area contributed by atoms with Crippen LogP contribution in [0, 0.1) is 0 Å². The van der Waals surface area contributed by atoms with Gasteiger partial charge >= 0.3 is 6.18 Å². The van der Waals surface area contributed by atoms with E-state index in [1.165, 1.54) is 40.6 Å². The Bertz CT molecular complexity index is 1830. The van der Waals surface area contributed by atoms with Gasteiger partial charge in [0.15, 0.2) is 0 Å². The van der Waals surface area contributed by atoms with Gasteiger partial charge in [0, 0.05) is 61.0 Å². The summed E-state index contributed by atoms with van der Waals surface area (Å²) in [7, 11) is 0. The predicted molar refractivity (Wildman–Crippen MR) is 238 cm³/mol. The van der Waals surface area contributed by atoms with Gasteiger partial charge < -0.3 is 20.2 Å². The van der Waals surface area contributed by atoms with E-state index >= 15 is 0 Å². The van der Waals surface area contributed by atoms with Gasteiger partial charge in [0.1, 0.15) is 0 Å². The molecule has 0 aromatic heterocycles. The van der Waals surface area contributed by atoms with Crippen molar-refractivity contribution < 1.29 is 18.3 Å². The average Bonchev–Trinajstić information content (AvgIpc) is 3.20. The van der Waals surface area contributed by atoms with Crippen LogP contribution in [0.25, 0.3) is 0 Å². The van der Waals surface area contributed by atoms with Crippen LogP contribution in [0.2, 0.25) is 0 Å². The molecule has 2 N–H and O–H groups in total. The first-order valence-corrected chi connectivity index (χ1v) is 19.8. The zero-order valence-electron chi connectivity index (χ0n) is 32.2. The summed E-state index contributed by atoms with van der Waals surface area (Å²) < 4.78 is 39.9. The number of para-hydroxylation sites is 1. The molecule has 12 heteroatoms. The Balaban J connectivity index is 0.000000296. The number of rotatable bonds is 13. The zero-order valence-corrected chi connectivity index (χ0v) is 35.5. The second-order valence-electron chi connectivity index (χ2n) is 13.9. The minimum absolute atomic E-state index is 0. The Labute approximate surface area is 359 Å². The second kappa shape index (κ2) is 24.0. The highest BCUT2D eigenvalue weighted by atomic mass is 35.5. The van der Waals surface area contributed by atoms with Gasteiger partial charge in [-0.15, -0.1) is 37.2 Å². The van der Waals surface area contributed by atoms with E-state index in [1.54, 1.807) is 6.07 Å². The predicted octanol–water partition coefficient (Wildman–Crippen LogP) is 11.1. The summed E-state index contributed by atoms with van der Waals surface area (Å²) in [5, 5.41) is 12.7. The summed E-state index contributed by atoms with van der Waals surface area (Å²) >= 11 is 1.53. The molecule has 2 aliphatic rings. The van der Waals surface area contributed by atoms with Gasteiger partial charge in [-0.3, -0.25) is 4.90 Å². The number of hydrogen-bond donors (Lipinski definition) is 2. The number of alkyl halides is 3. The summed E-state index contributed by atoms with van der Waals surface area (Å²) in [5.74, 6) is 0.433. The Morgan fingerprint density at radius 2 is 1.14 bits per heavy atom. The lowest BCUT2D eigenvalue weighted by Crippen LogP contribution is -2.47. The van der Waals surface area contributed by atoms with Crippen LogP contribution in [0.15, 0.2) is 143 Å². The van der Waals surface area contributed by atoms with E-state index in [4.69, 9.17) is 5.11 Å². The number of nitrogens with one attached hydrogen (secondary N) is 1. The number of fused-ring (bicyclic) bond motifs is 2. The summed E-state index contributed by atoms with van der Waals surface area (Å²) in [5.41, 5.74) is 5.12. The third-order valence-electron chi connectivity index (χ3n) is 10.3. The van der Waals surface area contributed by atoms with Crippen LogP contribution >= 0.6 is 49.0 Å². The third-order valence-corrected chi connectivity index (χ3v) is 11.4. The van der Waals surface area contributed by atoms with Crippen molar-refractivity contribution in [2.45, 2.75) is 47.7 Å². The summed E-state index contributed by atoms with van der Waals surface area (Å²) in [4.78, 5) is 8.62. The van der Waals surface area contributed by atoms with Gasteiger partial charge in [-0.25, -0.2) is 0 Å². The maximum atomic E-state index is 13.3. The molecule has 2 heterocycles. The van der Waals surface area contributed by atoms with E-state index in [2.05, 4.69) is 113 Å². The standard InChI is InChI=1S/C23H25N.C22H26F3N3OS.3ClH/c1-19(20-11-5-2-6-12-20)24-18-17-23(21-13-7-3-8-14-21)22-15-9-4-10-16-22;23-22(24,25)17-6-7-21-19(16-17)28(18-4-1-2-5-20(18)30-21)9-3-8-26-10-12-27(13-11-26)14-15-29;;;/h2-16,19,23-24H,17-18H2,1H3;1-2,4-7,16,29H,3,8-15H2;3*1H. The number of nitrogens with zero attached hydrogens (tertiary/aromatic N) is 3. The number of halogens is 6. The molecule has 0 saturated carbocycles. The first-order valence-electron chi connectivity index (χ1n) is 19.0. The fourth-order valence-corrected chi connectivity index (χ4v) is 8.35. The summed E-state index contributed by atoms with van der Waals surface area (Å²) in [6, 6.07) is 44.6. The Hall–Kier alpha value is -3.25. The molecule has 308 valence electrons. The minimum Gasteiger partial charge on any atom is -0.395 e. The van der Waals surface area contributed by atoms with Crippen LogP contribution in [0.5, 0.6) is 0 Å². The first kappa shape index (κ1) is 48.1. The molecule has 57 heavy (non-hydrogen) atoms. The van der Waals surface area contributed by atoms with Crippen molar-refractivity contribution in [2.24, 2.45) is 0 Å². The fraction of sp³-hybridized carbons (Fsp3) is 0.333. The molecule has 1 unspecified atom stereocenters. The van der Waals surface area contributed by atoms with Crippen LogP contribution in [-0.4, -0.2) is 73.9 Å². The molecule has 0 bridgehead atoms. The highest BCUT2D eigenvalue weighted by molar-refractivity contribution is 7.99. The molecule has 1 fully saturated rings. The molecule has 0 spiro atoms. The van der Waals surface area contributed by atoms with Gasteiger partial charge in [-0.2, -0.15) is 13.2 Å². The summed E-state index contributed by atoms with van der Waals surface area (Å²) in [6.07, 6.45) is -2.39. The Kier molecular flexibility index (Phi) is 20.2. The molecule has 0 amide bonds. The van der Waals surface area contributed by atoms with Crippen LogP contribution in [0.4, 0.5) is 24.5 Å². The molecular weight excluding hydrogens is 808 g/mol. The number of anilines is 2. The number of benzene rings is 5. The molecule has 0 aliphatic carbocycles. The number of aliphatic hydroxyl groups excluding tert-OH is 1. The van der Waals surface area contributed by atoms with Crippen molar-refractivity contribution in [1.82, 2.24) is 15.1 Å². The largest absolute Gasteiger partial charge is 0.416 e. The highest BCUT2D eigenvalue weighted by Gasteiger charge is 2.33. The van der Waals surface area contributed by atoms with E-state index in [0.717, 1.165) is 67.6 Å². The van der Waals surface area contributed by atoms with Gasteiger partial charge in [-0.1, -0.05) is 115 Å². The van der Waals surface area contributed by atoms with E-state index in [1.807, 2.05) is 29.2 Å². The minimum atomic E-state index is -4.35. The molecule has 1 saturated heterocycles. The molecule has 1 atom stereocenters. The topological polar surface area (TPSA) is 42.0 Å². The highest BCUT2D eigenvalue weighted by Crippen LogP contribution is 2.49. The van der Waals surface area contributed by atoms with Crippen LogP contribution in [-0.2, 0) is 6.18 Å². The van der Waals surface area contributed by atoms with Gasteiger partial charge in [-0.05, 0) is 79.9 Å². The first-order chi connectivity index (χ1) is 26.3. The smallest absolute Gasteiger partial charge is 0.395 e. The Morgan fingerprint density at radius 3 is 1.70 bits per heavy atom. The lowest BCUT2D eigenvalue weighted by molar-refractivity contribution is -0.137. The molecule has 5 aromatic carbocycles. The Morgan fingerprint density at radius 1 is 0.632 bits per heavy atom. The van der Waals surface area contributed by atoms with Crippen molar-refractivity contribution in [1.29, 1.82) is 0 Å². The molecule has 0 radical (unpaired) electrons. The average molecular weight is 862 g/mol. The maximum Gasteiger partial charge on any atom is 0.416 e. The van der Waals surface area contributed by atoms with Crippen molar-refractivity contribution >= 4 is 60.4 Å². The molecular formula is C45H54Cl3F3N4OS. The van der Waals surface area contributed by atoms with Crippen molar-refractivity contribution in [3.63, 3.8) is 0 Å². The van der Waals surface area contributed by atoms with Crippen LogP contribution in [0.3, 0.4) is 0 Å². The number of piperazine rings is 1. The van der Waals surface area contributed by atoms with Crippen LogP contribution < -0.4 is 10.2 Å². The SMILES string of the molecule is CC(NCCC(c1ccccc1)c1ccccc1)c1ccccc1.Cl.Cl.Cl.OCCN1CCN(CCCN2c3ccccc3Sc3ccc(C(F)(F)F)cc32)CC1. The van der Waals surface area contributed by atoms with Gasteiger partial charge in [0.05, 0.1) is 23.5 Å². The van der Waals surface area contributed by atoms with Crippen molar-refractivity contribution in [2.75, 3.05) is 63.9 Å². The molecule has 5 nitrogen and oxygen atoms in total. The molecule has 2 aliphatic heterocycles. The van der Waals surface area contributed by atoms with E-state index in [-0.39, 0.29) is 43.8 Å². The van der Waals surface area contributed by atoms with Gasteiger partial charge in [0.2, 0.25) is 0 Å². The lowest BCUT2D eigenvalue weighted by atomic mass is 9.88. The van der Waals surface area contributed by atoms with E-state index in [9.17, 15) is 13.2 Å². The summed E-state index contributed by atoms with van der Waals surface area (Å²) in [6.45, 7) is 9.52. The van der Waals surface area contributed by atoms with E-state index < -0.39 is 11.7 Å². The van der Waals surface area contributed by atoms with Crippen LogP contribution in [0.1, 0.15) is 54.0 Å². The number of aliphatic hydroxyl groups is 1. The normalized spacial score (nSPS) is 14.5. The molecule has 5 aromatic rings. The zero-order chi connectivity index (χ0) is 37.8. The maximum absolute atomic E-state index is 13.3.